The smallest absolute Gasteiger partial charge is 0.240 e. The van der Waals surface area contributed by atoms with Crippen LogP contribution in [0.4, 0.5) is 0 Å². The fraction of sp³-hybridized carbons (Fsp3) is 0.600. The standard InChI is InChI=1S/C15H23N3O3S/c1-2-21-8-7-18-6-5-16-13(15(18)20)10-14(19)17-11-12-4-3-9-22-12/h3-4,9,13,16H,2,5-8,10-11H2,1H3,(H,17,19). The Kier molecular flexibility index (Phi) is 6.82. The Labute approximate surface area is 134 Å². The van der Waals surface area contributed by atoms with Gasteiger partial charge in [-0.1, -0.05) is 6.07 Å². The van der Waals surface area contributed by atoms with Gasteiger partial charge in [-0.15, -0.1) is 11.3 Å². The number of nitrogens with zero attached hydrogens (tertiary/aromatic N) is 1. The van der Waals surface area contributed by atoms with Crippen molar-refractivity contribution in [3.05, 3.63) is 22.4 Å². The van der Waals surface area contributed by atoms with E-state index in [1.54, 1.807) is 16.2 Å². The highest BCUT2D eigenvalue weighted by molar-refractivity contribution is 7.09. The largest absolute Gasteiger partial charge is 0.380 e. The molecule has 2 rings (SSSR count). The zero-order valence-corrected chi connectivity index (χ0v) is 13.7. The van der Waals surface area contributed by atoms with Gasteiger partial charge in [0.1, 0.15) is 0 Å². The second-order valence-corrected chi connectivity index (χ2v) is 6.12. The number of nitrogens with one attached hydrogen (secondary N) is 2. The highest BCUT2D eigenvalue weighted by atomic mass is 32.1. The zero-order chi connectivity index (χ0) is 15.8. The second-order valence-electron chi connectivity index (χ2n) is 5.09. The molecule has 1 aliphatic rings. The van der Waals surface area contributed by atoms with Crippen molar-refractivity contribution in [2.45, 2.75) is 25.9 Å². The molecule has 2 N–H and O–H groups in total. The molecule has 0 aliphatic carbocycles. The van der Waals surface area contributed by atoms with Crippen LogP contribution in [0.3, 0.4) is 0 Å². The molecule has 0 saturated carbocycles. The molecule has 1 aromatic rings. The molecule has 1 fully saturated rings. The molecule has 1 unspecified atom stereocenters. The van der Waals surface area contributed by atoms with E-state index in [2.05, 4.69) is 10.6 Å². The van der Waals surface area contributed by atoms with E-state index in [0.717, 1.165) is 4.88 Å². The van der Waals surface area contributed by atoms with Crippen LogP contribution in [0.2, 0.25) is 0 Å². The van der Waals surface area contributed by atoms with E-state index in [0.29, 0.717) is 39.4 Å². The zero-order valence-electron chi connectivity index (χ0n) is 12.8. The van der Waals surface area contributed by atoms with E-state index in [4.69, 9.17) is 4.74 Å². The third-order valence-corrected chi connectivity index (χ3v) is 4.40. The molecular weight excluding hydrogens is 302 g/mol. The van der Waals surface area contributed by atoms with Crippen LogP contribution in [-0.2, 0) is 20.9 Å². The average Bonchev–Trinajstić information content (AvgIpc) is 3.02. The van der Waals surface area contributed by atoms with Gasteiger partial charge in [-0.2, -0.15) is 0 Å². The molecule has 0 spiro atoms. The third-order valence-electron chi connectivity index (χ3n) is 3.52. The first kappa shape index (κ1) is 16.9. The molecule has 22 heavy (non-hydrogen) atoms. The van der Waals surface area contributed by atoms with Crippen LogP contribution in [-0.4, -0.2) is 55.6 Å². The lowest BCUT2D eigenvalue weighted by molar-refractivity contribution is -0.138. The Hall–Kier alpha value is -1.44. The van der Waals surface area contributed by atoms with E-state index >= 15 is 0 Å². The quantitative estimate of drug-likeness (QED) is 0.687. The summed E-state index contributed by atoms with van der Waals surface area (Å²) < 4.78 is 5.29. The fourth-order valence-corrected chi connectivity index (χ4v) is 2.99. The first-order chi connectivity index (χ1) is 10.7. The van der Waals surface area contributed by atoms with Crippen LogP contribution in [0.25, 0.3) is 0 Å². The number of carbonyl (C=O) groups excluding carboxylic acids is 2. The molecule has 0 bridgehead atoms. The molecule has 1 aliphatic heterocycles. The maximum atomic E-state index is 12.3. The molecule has 1 saturated heterocycles. The van der Waals surface area contributed by atoms with E-state index in [1.165, 1.54) is 0 Å². The van der Waals surface area contributed by atoms with Crippen LogP contribution in [0.5, 0.6) is 0 Å². The molecule has 0 radical (unpaired) electrons. The lowest BCUT2D eigenvalue weighted by Gasteiger charge is -2.32. The molecule has 2 amide bonds. The summed E-state index contributed by atoms with van der Waals surface area (Å²) >= 11 is 1.60. The summed E-state index contributed by atoms with van der Waals surface area (Å²) in [5.41, 5.74) is 0. The van der Waals surface area contributed by atoms with Crippen LogP contribution in [0, 0.1) is 0 Å². The summed E-state index contributed by atoms with van der Waals surface area (Å²) in [6.45, 7) is 5.60. The van der Waals surface area contributed by atoms with E-state index < -0.39 is 6.04 Å². The van der Waals surface area contributed by atoms with Gasteiger partial charge in [-0.3, -0.25) is 9.59 Å². The first-order valence-corrected chi connectivity index (χ1v) is 8.47. The summed E-state index contributed by atoms with van der Waals surface area (Å²) in [4.78, 5) is 27.2. The van der Waals surface area contributed by atoms with E-state index in [9.17, 15) is 9.59 Å². The minimum absolute atomic E-state index is 0.0165. The third kappa shape index (κ3) is 5.08. The Balaban J connectivity index is 1.75. The van der Waals surface area contributed by atoms with Gasteiger partial charge < -0.3 is 20.3 Å². The number of hydrogen-bond acceptors (Lipinski definition) is 5. The van der Waals surface area contributed by atoms with Crippen LogP contribution >= 0.6 is 11.3 Å². The van der Waals surface area contributed by atoms with E-state index in [-0.39, 0.29) is 18.2 Å². The number of carbonyl (C=O) groups is 2. The summed E-state index contributed by atoms with van der Waals surface area (Å²) in [5.74, 6) is -0.122. The van der Waals surface area contributed by atoms with Crippen molar-refractivity contribution in [3.63, 3.8) is 0 Å². The minimum atomic E-state index is -0.432. The molecule has 0 aromatic carbocycles. The van der Waals surface area contributed by atoms with Gasteiger partial charge >= 0.3 is 0 Å². The summed E-state index contributed by atoms with van der Waals surface area (Å²) in [6.07, 6.45) is 0.176. The number of thiophene rings is 1. The normalized spacial score (nSPS) is 18.5. The number of ether oxygens (including phenoxy) is 1. The summed E-state index contributed by atoms with van der Waals surface area (Å²) in [5, 5.41) is 7.96. The number of amides is 2. The fourth-order valence-electron chi connectivity index (χ4n) is 2.35. The Morgan fingerprint density at radius 3 is 3.18 bits per heavy atom. The van der Waals surface area contributed by atoms with Crippen molar-refractivity contribution in [1.82, 2.24) is 15.5 Å². The van der Waals surface area contributed by atoms with Gasteiger partial charge in [0, 0.05) is 31.1 Å². The molecule has 1 aromatic heterocycles. The lowest BCUT2D eigenvalue weighted by Crippen LogP contribution is -2.56. The topological polar surface area (TPSA) is 70.7 Å². The number of rotatable bonds is 8. The van der Waals surface area contributed by atoms with Gasteiger partial charge in [0.2, 0.25) is 11.8 Å². The van der Waals surface area contributed by atoms with Crippen LogP contribution in [0.15, 0.2) is 17.5 Å². The summed E-state index contributed by atoms with van der Waals surface area (Å²) in [7, 11) is 0. The summed E-state index contributed by atoms with van der Waals surface area (Å²) in [6, 6.07) is 3.50. The van der Waals surface area contributed by atoms with Crippen molar-refractivity contribution in [2.24, 2.45) is 0 Å². The Morgan fingerprint density at radius 1 is 1.59 bits per heavy atom. The predicted molar refractivity (Wildman–Crippen MR) is 85.6 cm³/mol. The Morgan fingerprint density at radius 2 is 2.45 bits per heavy atom. The first-order valence-electron chi connectivity index (χ1n) is 7.59. The molecule has 1 atom stereocenters. The maximum absolute atomic E-state index is 12.3. The maximum Gasteiger partial charge on any atom is 0.240 e. The SMILES string of the molecule is CCOCCN1CCNC(CC(=O)NCc2cccs2)C1=O. The van der Waals surface area contributed by atoms with Gasteiger partial charge in [0.25, 0.3) is 0 Å². The molecule has 122 valence electrons. The highest BCUT2D eigenvalue weighted by Gasteiger charge is 2.29. The monoisotopic (exact) mass is 325 g/mol. The van der Waals surface area contributed by atoms with E-state index in [1.807, 2.05) is 24.4 Å². The van der Waals surface area contributed by atoms with Gasteiger partial charge in [0.15, 0.2) is 0 Å². The molecular formula is C15H23N3O3S. The number of piperazine rings is 1. The lowest BCUT2D eigenvalue weighted by atomic mass is 10.1. The van der Waals surface area contributed by atoms with Gasteiger partial charge in [-0.25, -0.2) is 0 Å². The van der Waals surface area contributed by atoms with Gasteiger partial charge in [-0.05, 0) is 18.4 Å². The van der Waals surface area contributed by atoms with Gasteiger partial charge in [0.05, 0.1) is 25.6 Å². The second kappa shape index (κ2) is 8.87. The van der Waals surface area contributed by atoms with Crippen molar-refractivity contribution < 1.29 is 14.3 Å². The minimum Gasteiger partial charge on any atom is -0.380 e. The van der Waals surface area contributed by atoms with Crippen molar-refractivity contribution >= 4 is 23.2 Å². The van der Waals surface area contributed by atoms with Crippen molar-refractivity contribution in [2.75, 3.05) is 32.8 Å². The number of hydrogen-bond donors (Lipinski definition) is 2. The van der Waals surface area contributed by atoms with Crippen molar-refractivity contribution in [1.29, 1.82) is 0 Å². The molecule has 7 heteroatoms. The van der Waals surface area contributed by atoms with Crippen LogP contribution in [0.1, 0.15) is 18.2 Å². The molecule has 6 nitrogen and oxygen atoms in total. The van der Waals surface area contributed by atoms with Crippen LogP contribution < -0.4 is 10.6 Å². The van der Waals surface area contributed by atoms with Crippen molar-refractivity contribution in [3.8, 4) is 0 Å². The predicted octanol–water partition coefficient (Wildman–Crippen LogP) is 0.591. The highest BCUT2D eigenvalue weighted by Crippen LogP contribution is 2.09. The Bertz CT molecular complexity index is 478. The average molecular weight is 325 g/mol. The molecule has 2 heterocycles.